The summed E-state index contributed by atoms with van der Waals surface area (Å²) in [5, 5.41) is 11.6. The van der Waals surface area contributed by atoms with Crippen LogP contribution in [0.2, 0.25) is 0 Å². The third-order valence-corrected chi connectivity index (χ3v) is 2.74. The molecule has 0 amide bonds. The first-order valence-corrected chi connectivity index (χ1v) is 5.94. The van der Waals surface area contributed by atoms with Crippen molar-refractivity contribution in [3.05, 3.63) is 35.1 Å². The zero-order chi connectivity index (χ0) is 15.5. The largest absolute Gasteiger partial charge is 0.480 e. The summed E-state index contributed by atoms with van der Waals surface area (Å²) in [7, 11) is 0. The van der Waals surface area contributed by atoms with Crippen molar-refractivity contribution in [2.45, 2.75) is 32.6 Å². The van der Waals surface area contributed by atoms with Crippen molar-refractivity contribution in [1.82, 2.24) is 5.32 Å². The van der Waals surface area contributed by atoms with Crippen LogP contribution >= 0.6 is 0 Å². The van der Waals surface area contributed by atoms with Crippen molar-refractivity contribution in [1.29, 1.82) is 0 Å². The van der Waals surface area contributed by atoms with Crippen LogP contribution in [0.4, 0.5) is 17.6 Å². The molecule has 0 saturated carbocycles. The van der Waals surface area contributed by atoms with Crippen LogP contribution in [-0.2, 0) is 17.5 Å². The molecule has 0 aliphatic heterocycles. The van der Waals surface area contributed by atoms with Crippen LogP contribution < -0.4 is 5.32 Å². The van der Waals surface area contributed by atoms with E-state index in [2.05, 4.69) is 5.32 Å². The third kappa shape index (κ3) is 4.48. The molecular weight excluding hydrogens is 278 g/mol. The van der Waals surface area contributed by atoms with Gasteiger partial charge in [0.1, 0.15) is 11.9 Å². The van der Waals surface area contributed by atoms with E-state index in [0.717, 1.165) is 12.1 Å². The van der Waals surface area contributed by atoms with Gasteiger partial charge in [-0.05, 0) is 29.7 Å². The Hall–Kier alpha value is -1.63. The maximum atomic E-state index is 13.2. The predicted octanol–water partition coefficient (Wildman–Crippen LogP) is 3.04. The molecule has 0 saturated heterocycles. The van der Waals surface area contributed by atoms with E-state index in [1.54, 1.807) is 13.8 Å². The lowest BCUT2D eigenvalue weighted by Crippen LogP contribution is -2.40. The molecule has 0 unspecified atom stereocenters. The molecule has 7 heteroatoms. The second-order valence-electron chi connectivity index (χ2n) is 4.79. The highest BCUT2D eigenvalue weighted by Gasteiger charge is 2.31. The molecule has 0 aliphatic carbocycles. The van der Waals surface area contributed by atoms with Crippen LogP contribution in [0.5, 0.6) is 0 Å². The van der Waals surface area contributed by atoms with Gasteiger partial charge in [0.25, 0.3) is 0 Å². The van der Waals surface area contributed by atoms with Crippen molar-refractivity contribution in [2.75, 3.05) is 0 Å². The number of nitrogens with one attached hydrogen (secondary N) is 1. The second-order valence-corrected chi connectivity index (χ2v) is 4.79. The molecule has 112 valence electrons. The van der Waals surface area contributed by atoms with Crippen LogP contribution in [0.3, 0.4) is 0 Å². The molecule has 0 heterocycles. The fourth-order valence-corrected chi connectivity index (χ4v) is 1.75. The Morgan fingerprint density at radius 2 is 1.90 bits per heavy atom. The molecule has 0 aliphatic rings. The molecule has 1 aromatic carbocycles. The van der Waals surface area contributed by atoms with E-state index < -0.39 is 29.6 Å². The standard InChI is InChI=1S/C13H15F4NO2/c1-7(2)11(12(19)20)18-6-8-3-9(13(15,16)17)5-10(14)4-8/h3-5,7,11,18H,6H2,1-2H3,(H,19,20)/t11-/m1/s1. The van der Waals surface area contributed by atoms with Gasteiger partial charge < -0.3 is 10.4 Å². The smallest absolute Gasteiger partial charge is 0.416 e. The number of rotatable bonds is 5. The highest BCUT2D eigenvalue weighted by molar-refractivity contribution is 5.73. The van der Waals surface area contributed by atoms with Gasteiger partial charge in [0.2, 0.25) is 0 Å². The Bertz CT molecular complexity index is 486. The number of benzene rings is 1. The predicted molar refractivity (Wildman–Crippen MR) is 64.5 cm³/mol. The fraction of sp³-hybridized carbons (Fsp3) is 0.462. The first-order chi connectivity index (χ1) is 9.11. The summed E-state index contributed by atoms with van der Waals surface area (Å²) < 4.78 is 50.7. The average Bonchev–Trinajstić information content (AvgIpc) is 2.26. The van der Waals surface area contributed by atoms with Crippen molar-refractivity contribution < 1.29 is 27.5 Å². The van der Waals surface area contributed by atoms with Crippen molar-refractivity contribution in [3.63, 3.8) is 0 Å². The van der Waals surface area contributed by atoms with E-state index in [-0.39, 0.29) is 18.0 Å². The molecular formula is C13H15F4NO2. The second kappa shape index (κ2) is 6.21. The number of aliphatic carboxylic acids is 1. The van der Waals surface area contributed by atoms with Crippen LogP contribution in [-0.4, -0.2) is 17.1 Å². The van der Waals surface area contributed by atoms with Gasteiger partial charge in [-0.2, -0.15) is 13.2 Å². The van der Waals surface area contributed by atoms with E-state index in [0.29, 0.717) is 6.07 Å². The van der Waals surface area contributed by atoms with Gasteiger partial charge in [0.05, 0.1) is 5.56 Å². The molecule has 20 heavy (non-hydrogen) atoms. The van der Waals surface area contributed by atoms with Gasteiger partial charge in [0, 0.05) is 6.54 Å². The van der Waals surface area contributed by atoms with Crippen molar-refractivity contribution in [2.24, 2.45) is 5.92 Å². The lowest BCUT2D eigenvalue weighted by atomic mass is 10.0. The Labute approximate surface area is 113 Å². The van der Waals surface area contributed by atoms with Crippen LogP contribution in [0.15, 0.2) is 18.2 Å². The quantitative estimate of drug-likeness (QED) is 0.820. The van der Waals surface area contributed by atoms with E-state index in [4.69, 9.17) is 5.11 Å². The summed E-state index contributed by atoms with van der Waals surface area (Å²) in [5.41, 5.74) is -1.05. The van der Waals surface area contributed by atoms with Crippen molar-refractivity contribution >= 4 is 5.97 Å². The van der Waals surface area contributed by atoms with Gasteiger partial charge in [-0.15, -0.1) is 0 Å². The molecule has 1 aromatic rings. The first-order valence-electron chi connectivity index (χ1n) is 5.94. The number of hydrogen-bond acceptors (Lipinski definition) is 2. The lowest BCUT2D eigenvalue weighted by molar-refractivity contribution is -0.141. The summed E-state index contributed by atoms with van der Waals surface area (Å²) in [6.45, 7) is 3.17. The third-order valence-electron chi connectivity index (χ3n) is 2.74. The Morgan fingerprint density at radius 1 is 1.30 bits per heavy atom. The Kier molecular flexibility index (Phi) is 5.10. The first kappa shape index (κ1) is 16.4. The molecule has 0 radical (unpaired) electrons. The molecule has 0 bridgehead atoms. The Balaban J connectivity index is 2.88. The highest BCUT2D eigenvalue weighted by Crippen LogP contribution is 2.30. The summed E-state index contributed by atoms with van der Waals surface area (Å²) in [6.07, 6.45) is -4.64. The van der Waals surface area contributed by atoms with E-state index in [9.17, 15) is 22.4 Å². The molecule has 1 rings (SSSR count). The molecule has 2 N–H and O–H groups in total. The van der Waals surface area contributed by atoms with E-state index in [1.807, 2.05) is 0 Å². The lowest BCUT2D eigenvalue weighted by Gasteiger charge is -2.18. The van der Waals surface area contributed by atoms with Crippen molar-refractivity contribution in [3.8, 4) is 0 Å². The number of carbonyl (C=O) groups is 1. The maximum Gasteiger partial charge on any atom is 0.416 e. The van der Waals surface area contributed by atoms with Gasteiger partial charge in [-0.25, -0.2) is 4.39 Å². The Morgan fingerprint density at radius 3 is 2.35 bits per heavy atom. The maximum absolute atomic E-state index is 13.2. The number of carboxylic acids is 1. The average molecular weight is 293 g/mol. The summed E-state index contributed by atoms with van der Waals surface area (Å²) >= 11 is 0. The highest BCUT2D eigenvalue weighted by atomic mass is 19.4. The fourth-order valence-electron chi connectivity index (χ4n) is 1.75. The van der Waals surface area contributed by atoms with E-state index >= 15 is 0 Å². The minimum atomic E-state index is -4.64. The number of hydrogen-bond donors (Lipinski definition) is 2. The molecule has 0 fully saturated rings. The number of alkyl halides is 3. The molecule has 0 aromatic heterocycles. The SMILES string of the molecule is CC(C)[C@@H](NCc1cc(F)cc(C(F)(F)F)c1)C(=O)O. The van der Waals surface area contributed by atoms with Crippen LogP contribution in [0, 0.1) is 11.7 Å². The van der Waals surface area contributed by atoms with E-state index in [1.165, 1.54) is 0 Å². The summed E-state index contributed by atoms with van der Waals surface area (Å²) in [5.74, 6) is -2.36. The summed E-state index contributed by atoms with van der Waals surface area (Å²) in [4.78, 5) is 10.9. The van der Waals surface area contributed by atoms with Gasteiger partial charge in [0.15, 0.2) is 0 Å². The van der Waals surface area contributed by atoms with Crippen LogP contribution in [0.1, 0.15) is 25.0 Å². The molecule has 3 nitrogen and oxygen atoms in total. The van der Waals surface area contributed by atoms with Gasteiger partial charge in [-0.3, -0.25) is 4.79 Å². The van der Waals surface area contributed by atoms with Gasteiger partial charge >= 0.3 is 12.1 Å². The monoisotopic (exact) mass is 293 g/mol. The number of carboxylic acid groups (broad SMARTS) is 1. The molecule has 1 atom stereocenters. The molecule has 0 spiro atoms. The van der Waals surface area contributed by atoms with Crippen LogP contribution in [0.25, 0.3) is 0 Å². The minimum absolute atomic E-state index is 0.0456. The normalized spacial score (nSPS) is 13.6. The number of halogens is 4. The summed E-state index contributed by atoms with van der Waals surface area (Å²) in [6, 6.07) is 1.24. The zero-order valence-corrected chi connectivity index (χ0v) is 11.0. The zero-order valence-electron chi connectivity index (χ0n) is 11.0. The minimum Gasteiger partial charge on any atom is -0.480 e. The topological polar surface area (TPSA) is 49.3 Å². The van der Waals surface area contributed by atoms with Gasteiger partial charge in [-0.1, -0.05) is 13.8 Å².